The lowest BCUT2D eigenvalue weighted by Crippen LogP contribution is -2.40. The molecule has 0 radical (unpaired) electrons. The van der Waals surface area contributed by atoms with Crippen LogP contribution in [0.4, 0.5) is 0 Å². The Morgan fingerprint density at radius 2 is 0.889 bits per heavy atom. The number of hydrogen-bond acceptors (Lipinski definition) is 6. The van der Waals surface area contributed by atoms with Crippen LogP contribution in [0.1, 0.15) is 24.0 Å². The van der Waals surface area contributed by atoms with E-state index < -0.39 is 17.4 Å². The van der Waals surface area contributed by atoms with Crippen molar-refractivity contribution in [2.75, 3.05) is 13.2 Å². The maximum absolute atomic E-state index is 13.9. The molecule has 6 nitrogen and oxygen atoms in total. The van der Waals surface area contributed by atoms with Gasteiger partial charge in [-0.3, -0.25) is 9.59 Å². The molecule has 4 aromatic rings. The molecule has 0 heterocycles. The fourth-order valence-electron chi connectivity index (χ4n) is 5.07. The van der Waals surface area contributed by atoms with Crippen molar-refractivity contribution in [3.63, 3.8) is 0 Å². The minimum absolute atomic E-state index is 0.0551. The zero-order valence-corrected chi connectivity index (χ0v) is 25.0. The average Bonchev–Trinajstić information content (AvgIpc) is 3.48. The van der Waals surface area contributed by atoms with E-state index in [2.05, 4.69) is 0 Å². The third kappa shape index (κ3) is 8.83. The molecule has 0 N–H and O–H groups in total. The van der Waals surface area contributed by atoms with E-state index in [4.69, 9.17) is 18.9 Å². The highest BCUT2D eigenvalue weighted by molar-refractivity contribution is 6.01. The van der Waals surface area contributed by atoms with E-state index in [1.165, 1.54) is 0 Å². The Balaban J connectivity index is 1.37. The van der Waals surface area contributed by atoms with E-state index in [-0.39, 0.29) is 26.1 Å². The Bertz CT molecular complexity index is 1490. The maximum Gasteiger partial charge on any atom is 0.324 e. The third-order valence-electron chi connectivity index (χ3n) is 7.42. The van der Waals surface area contributed by atoms with E-state index in [0.717, 1.165) is 33.8 Å². The highest BCUT2D eigenvalue weighted by Crippen LogP contribution is 2.45. The molecule has 0 aromatic heterocycles. The molecule has 0 aliphatic heterocycles. The predicted molar refractivity (Wildman–Crippen MR) is 173 cm³/mol. The molecule has 0 atom stereocenters. The van der Waals surface area contributed by atoms with Crippen LogP contribution < -0.4 is 9.47 Å². The summed E-state index contributed by atoms with van der Waals surface area (Å²) in [6, 6.07) is 37.9. The molecule has 0 bridgehead atoms. The Hall–Kier alpha value is -5.36. The van der Waals surface area contributed by atoms with Gasteiger partial charge in [0.15, 0.2) is 5.41 Å². The van der Waals surface area contributed by atoms with E-state index in [1.54, 1.807) is 0 Å². The minimum Gasteiger partial charge on any atom is -0.490 e. The number of carbonyl (C=O) groups is 2. The summed E-state index contributed by atoms with van der Waals surface area (Å²) in [4.78, 5) is 27.7. The number of para-hydroxylation sites is 2. The van der Waals surface area contributed by atoms with Gasteiger partial charge in [0.1, 0.15) is 37.9 Å². The first-order valence-corrected chi connectivity index (χ1v) is 15.0. The van der Waals surface area contributed by atoms with Gasteiger partial charge in [0.05, 0.1) is 0 Å². The van der Waals surface area contributed by atoms with Crippen LogP contribution in [0.25, 0.3) is 0 Å². The molecule has 0 saturated heterocycles. The Labute approximate surface area is 264 Å². The highest BCUT2D eigenvalue weighted by atomic mass is 16.6. The lowest BCUT2D eigenvalue weighted by Gasteiger charge is -2.25. The molecule has 1 aliphatic carbocycles. The molecular weight excluding hydrogens is 564 g/mol. The van der Waals surface area contributed by atoms with Gasteiger partial charge in [0, 0.05) is 0 Å². The van der Waals surface area contributed by atoms with Gasteiger partial charge in [-0.2, -0.15) is 0 Å². The molecule has 4 aromatic carbocycles. The van der Waals surface area contributed by atoms with Crippen molar-refractivity contribution in [3.8, 4) is 11.5 Å². The molecule has 5 rings (SSSR count). The third-order valence-corrected chi connectivity index (χ3v) is 7.42. The van der Waals surface area contributed by atoms with Gasteiger partial charge in [-0.15, -0.1) is 0 Å². The molecule has 1 aliphatic rings. The summed E-state index contributed by atoms with van der Waals surface area (Å²) in [5.41, 5.74) is 1.79. The Morgan fingerprint density at radius 3 is 1.27 bits per heavy atom. The van der Waals surface area contributed by atoms with Crippen LogP contribution >= 0.6 is 0 Å². The number of rotatable bonds is 14. The summed E-state index contributed by atoms with van der Waals surface area (Å²) in [5.74, 6) is 0.285. The van der Waals surface area contributed by atoms with E-state index >= 15 is 0 Å². The van der Waals surface area contributed by atoms with Crippen LogP contribution in [0.5, 0.6) is 11.5 Å². The van der Waals surface area contributed by atoms with Crippen molar-refractivity contribution >= 4 is 11.9 Å². The number of allylic oxidation sites excluding steroid dienone is 4. The monoisotopic (exact) mass is 600 g/mol. The van der Waals surface area contributed by atoms with Crippen molar-refractivity contribution in [3.05, 3.63) is 168 Å². The molecule has 0 saturated carbocycles. The molecule has 0 amide bonds. The average molecular weight is 601 g/mol. The Morgan fingerprint density at radius 1 is 0.533 bits per heavy atom. The number of esters is 2. The second-order valence-corrected chi connectivity index (χ2v) is 10.7. The molecule has 45 heavy (non-hydrogen) atoms. The van der Waals surface area contributed by atoms with Crippen LogP contribution in [-0.4, -0.2) is 25.2 Å². The molecule has 0 fully saturated rings. The quantitative estimate of drug-likeness (QED) is 0.109. The minimum atomic E-state index is -1.54. The van der Waals surface area contributed by atoms with Crippen LogP contribution in [0.3, 0.4) is 0 Å². The number of ether oxygens (including phenoxy) is 4. The van der Waals surface area contributed by atoms with Gasteiger partial charge in [0.2, 0.25) is 0 Å². The molecular formula is C39H36O6. The second-order valence-electron chi connectivity index (χ2n) is 10.7. The summed E-state index contributed by atoms with van der Waals surface area (Å²) >= 11 is 0. The van der Waals surface area contributed by atoms with E-state index in [9.17, 15) is 9.59 Å². The maximum atomic E-state index is 13.9. The summed E-state index contributed by atoms with van der Waals surface area (Å²) < 4.78 is 23.3. The van der Waals surface area contributed by atoms with Crippen molar-refractivity contribution in [2.24, 2.45) is 5.41 Å². The smallest absolute Gasteiger partial charge is 0.324 e. The molecule has 228 valence electrons. The fraction of sp³-hybridized carbons (Fsp3) is 0.179. The van der Waals surface area contributed by atoms with Gasteiger partial charge < -0.3 is 18.9 Å². The first-order chi connectivity index (χ1) is 22.1. The first kappa shape index (κ1) is 31.1. The van der Waals surface area contributed by atoms with Crippen LogP contribution in [0.2, 0.25) is 0 Å². The molecule has 6 heteroatoms. The number of carbonyl (C=O) groups excluding carboxylic acids is 2. The summed E-state index contributed by atoms with van der Waals surface area (Å²) in [7, 11) is 0. The van der Waals surface area contributed by atoms with Crippen LogP contribution in [-0.2, 0) is 32.3 Å². The van der Waals surface area contributed by atoms with E-state index in [0.29, 0.717) is 13.2 Å². The van der Waals surface area contributed by atoms with Crippen molar-refractivity contribution < 1.29 is 28.5 Å². The van der Waals surface area contributed by atoms with Gasteiger partial charge in [0.25, 0.3) is 0 Å². The first-order valence-electron chi connectivity index (χ1n) is 15.0. The van der Waals surface area contributed by atoms with Crippen molar-refractivity contribution in [1.82, 2.24) is 0 Å². The van der Waals surface area contributed by atoms with Gasteiger partial charge >= 0.3 is 11.9 Å². The van der Waals surface area contributed by atoms with Crippen LogP contribution in [0, 0.1) is 5.41 Å². The van der Waals surface area contributed by atoms with E-state index in [1.807, 2.05) is 146 Å². The van der Waals surface area contributed by atoms with Crippen LogP contribution in [0.15, 0.2) is 157 Å². The lowest BCUT2D eigenvalue weighted by atomic mass is 9.83. The number of benzene rings is 4. The second kappa shape index (κ2) is 15.9. The topological polar surface area (TPSA) is 71.1 Å². The summed E-state index contributed by atoms with van der Waals surface area (Å²) in [5, 5.41) is 0. The van der Waals surface area contributed by atoms with Crippen molar-refractivity contribution in [2.45, 2.75) is 26.1 Å². The fourth-order valence-corrected chi connectivity index (χ4v) is 5.07. The normalized spacial score (nSPS) is 14.0. The Kier molecular flexibility index (Phi) is 11.0. The molecule has 0 unspecified atom stereocenters. The van der Waals surface area contributed by atoms with Gasteiger partial charge in [-0.1, -0.05) is 109 Å². The van der Waals surface area contributed by atoms with Gasteiger partial charge in [-0.05, 0) is 71.5 Å². The summed E-state index contributed by atoms with van der Waals surface area (Å²) in [6.45, 7) is 0.760. The zero-order chi connectivity index (χ0) is 31.2. The zero-order valence-electron chi connectivity index (χ0n) is 25.0. The SMILES string of the molecule is O=C(OCc1ccccc1)C1(C(=O)OCc2ccccc2)CC(/C=C/COc2ccccc2)=C(/C=C/COc2ccccc2)C1. The largest absolute Gasteiger partial charge is 0.490 e. The summed E-state index contributed by atoms with van der Waals surface area (Å²) in [6.07, 6.45) is 7.87. The standard InChI is InChI=1S/C39H36O6/c40-37(44-29-31-15-5-1-6-16-31)39(38(41)45-30-32-17-7-2-8-18-32)27-33(19-13-25-42-35-21-9-3-10-22-35)34(28-39)20-14-26-43-36-23-11-4-12-24-36/h1-24H,25-30H2/b19-13+,20-14+. The van der Waals surface area contributed by atoms with Crippen molar-refractivity contribution in [1.29, 1.82) is 0 Å². The van der Waals surface area contributed by atoms with Gasteiger partial charge in [-0.25, -0.2) is 0 Å². The highest BCUT2D eigenvalue weighted by Gasteiger charge is 2.53. The number of hydrogen-bond donors (Lipinski definition) is 0. The molecule has 0 spiro atoms. The lowest BCUT2D eigenvalue weighted by molar-refractivity contribution is -0.173. The predicted octanol–water partition coefficient (Wildman–Crippen LogP) is 7.82.